The number of carbonyl (C=O) groups is 1. The summed E-state index contributed by atoms with van der Waals surface area (Å²) in [5.41, 5.74) is 2.25. The molecule has 3 rings (SSSR count). The average molecular weight is 385 g/mol. The quantitative estimate of drug-likeness (QED) is 0.644. The van der Waals surface area contributed by atoms with Gasteiger partial charge in [0.15, 0.2) is 0 Å². The second-order valence-corrected chi connectivity index (χ2v) is 6.30. The third kappa shape index (κ3) is 5.09. The first-order valence-electron chi connectivity index (χ1n) is 8.55. The molecule has 7 heteroatoms. The molecule has 2 N–H and O–H groups in total. The smallest absolute Gasteiger partial charge is 0.355 e. The molecule has 0 fully saturated rings. The maximum absolute atomic E-state index is 12.8. The molecule has 0 saturated carbocycles. The van der Waals surface area contributed by atoms with E-state index in [1.165, 1.54) is 24.4 Å². The number of hydrogen-bond donors (Lipinski definition) is 2. The van der Waals surface area contributed by atoms with Gasteiger partial charge in [-0.1, -0.05) is 35.9 Å². The van der Waals surface area contributed by atoms with Crippen molar-refractivity contribution in [3.8, 4) is 0 Å². The molecule has 2 aromatic carbocycles. The second kappa shape index (κ2) is 8.12. The minimum Gasteiger partial charge on any atom is -0.355 e. The van der Waals surface area contributed by atoms with Gasteiger partial charge < -0.3 is 10.6 Å². The number of nitrogens with zero attached hydrogens (tertiary/aromatic N) is 1. The summed E-state index contributed by atoms with van der Waals surface area (Å²) in [7, 11) is 0. The van der Waals surface area contributed by atoms with Crippen LogP contribution in [0, 0.1) is 6.92 Å². The molecule has 1 heterocycles. The Hall–Kier alpha value is -3.35. The maximum atomic E-state index is 12.8. The van der Waals surface area contributed by atoms with Crippen LogP contribution >= 0.6 is 0 Å². The number of benzene rings is 2. The number of aryl methyl sites for hydroxylation is 1. The van der Waals surface area contributed by atoms with Gasteiger partial charge in [0, 0.05) is 24.1 Å². The normalized spacial score (nSPS) is 11.1. The van der Waals surface area contributed by atoms with E-state index in [2.05, 4.69) is 15.6 Å². The van der Waals surface area contributed by atoms with Gasteiger partial charge in [-0.05, 0) is 42.8 Å². The molecule has 0 aliphatic carbocycles. The van der Waals surface area contributed by atoms with Crippen molar-refractivity contribution < 1.29 is 18.0 Å². The lowest BCUT2D eigenvalue weighted by molar-refractivity contribution is -0.137. The highest BCUT2D eigenvalue weighted by Crippen LogP contribution is 2.31. The predicted molar refractivity (Wildman–Crippen MR) is 101 cm³/mol. The van der Waals surface area contributed by atoms with Gasteiger partial charge in [0.2, 0.25) is 0 Å². The molecule has 0 unspecified atom stereocenters. The largest absolute Gasteiger partial charge is 0.416 e. The van der Waals surface area contributed by atoms with Gasteiger partial charge in [-0.2, -0.15) is 13.2 Å². The van der Waals surface area contributed by atoms with E-state index in [-0.39, 0.29) is 17.3 Å². The Morgan fingerprint density at radius 3 is 2.43 bits per heavy atom. The molecule has 1 aromatic heterocycles. The lowest BCUT2D eigenvalue weighted by atomic mass is 10.1. The number of hydrogen-bond acceptors (Lipinski definition) is 3. The van der Waals surface area contributed by atoms with Crippen LogP contribution in [0.1, 0.15) is 27.2 Å². The zero-order valence-corrected chi connectivity index (χ0v) is 15.0. The van der Waals surface area contributed by atoms with E-state index in [1.54, 1.807) is 6.07 Å². The molecule has 0 aliphatic rings. The number of aromatic nitrogens is 1. The fourth-order valence-corrected chi connectivity index (χ4v) is 2.55. The molecule has 1 amide bonds. The summed E-state index contributed by atoms with van der Waals surface area (Å²) in [6, 6.07) is 15.7. The van der Waals surface area contributed by atoms with E-state index in [0.717, 1.165) is 23.3 Å². The third-order valence-corrected chi connectivity index (χ3v) is 4.04. The number of nitrogens with one attached hydrogen (secondary N) is 2. The standard InChI is InChI=1S/C21H18F3N3O/c1-14-5-7-15(8-6-14)13-26-20(28)19-12-18(9-10-25-19)27-17-4-2-3-16(11-17)21(22,23)24/h2-12H,13H2,1H3,(H,25,27)(H,26,28). The first-order chi connectivity index (χ1) is 13.3. The molecule has 144 valence electrons. The van der Waals surface area contributed by atoms with Gasteiger partial charge in [0.25, 0.3) is 5.91 Å². The van der Waals surface area contributed by atoms with Crippen LogP contribution in [0.4, 0.5) is 24.5 Å². The number of amides is 1. The van der Waals surface area contributed by atoms with E-state index in [0.29, 0.717) is 12.2 Å². The molecule has 4 nitrogen and oxygen atoms in total. The van der Waals surface area contributed by atoms with Crippen molar-refractivity contribution in [1.82, 2.24) is 10.3 Å². The van der Waals surface area contributed by atoms with Gasteiger partial charge in [0.05, 0.1) is 5.56 Å². The lowest BCUT2D eigenvalue weighted by Crippen LogP contribution is -2.23. The molecule has 0 atom stereocenters. The van der Waals surface area contributed by atoms with Crippen LogP contribution in [0.5, 0.6) is 0 Å². The number of carbonyl (C=O) groups excluding carboxylic acids is 1. The van der Waals surface area contributed by atoms with E-state index >= 15 is 0 Å². The van der Waals surface area contributed by atoms with E-state index < -0.39 is 11.7 Å². The molecular weight excluding hydrogens is 367 g/mol. The zero-order valence-electron chi connectivity index (χ0n) is 15.0. The summed E-state index contributed by atoms with van der Waals surface area (Å²) >= 11 is 0. The fourth-order valence-electron chi connectivity index (χ4n) is 2.55. The minimum atomic E-state index is -4.42. The van der Waals surface area contributed by atoms with Crippen molar-refractivity contribution in [2.45, 2.75) is 19.6 Å². The molecule has 0 aliphatic heterocycles. The second-order valence-electron chi connectivity index (χ2n) is 6.30. The molecule has 0 radical (unpaired) electrons. The van der Waals surface area contributed by atoms with Crippen molar-refractivity contribution in [1.29, 1.82) is 0 Å². The van der Waals surface area contributed by atoms with Crippen LogP contribution in [0.2, 0.25) is 0 Å². The van der Waals surface area contributed by atoms with Gasteiger partial charge in [-0.15, -0.1) is 0 Å². The van der Waals surface area contributed by atoms with Crippen molar-refractivity contribution >= 4 is 17.3 Å². The van der Waals surface area contributed by atoms with Crippen molar-refractivity contribution in [2.75, 3.05) is 5.32 Å². The molecular formula is C21H18F3N3O. The van der Waals surface area contributed by atoms with Crippen molar-refractivity contribution in [3.05, 3.63) is 89.2 Å². The summed E-state index contributed by atoms with van der Waals surface area (Å²) in [6.45, 7) is 2.33. The first kappa shape index (κ1) is 19.4. The lowest BCUT2D eigenvalue weighted by Gasteiger charge is -2.11. The molecule has 0 bridgehead atoms. The highest BCUT2D eigenvalue weighted by Gasteiger charge is 2.30. The highest BCUT2D eigenvalue weighted by molar-refractivity contribution is 5.93. The summed E-state index contributed by atoms with van der Waals surface area (Å²) in [5.74, 6) is -0.367. The minimum absolute atomic E-state index is 0.170. The van der Waals surface area contributed by atoms with Gasteiger partial charge in [-0.25, -0.2) is 0 Å². The van der Waals surface area contributed by atoms with Crippen LogP contribution in [0.25, 0.3) is 0 Å². The number of anilines is 2. The monoisotopic (exact) mass is 385 g/mol. The Kier molecular flexibility index (Phi) is 5.63. The Bertz CT molecular complexity index is 969. The van der Waals surface area contributed by atoms with Crippen molar-refractivity contribution in [3.63, 3.8) is 0 Å². The Morgan fingerprint density at radius 2 is 1.71 bits per heavy atom. The fraction of sp³-hybridized carbons (Fsp3) is 0.143. The summed E-state index contributed by atoms with van der Waals surface area (Å²) in [6.07, 6.45) is -2.99. The van der Waals surface area contributed by atoms with Crippen molar-refractivity contribution in [2.24, 2.45) is 0 Å². The van der Waals surface area contributed by atoms with Gasteiger partial charge in [-0.3, -0.25) is 9.78 Å². The Morgan fingerprint density at radius 1 is 1.00 bits per heavy atom. The maximum Gasteiger partial charge on any atom is 0.416 e. The number of pyridine rings is 1. The van der Waals surface area contributed by atoms with E-state index in [4.69, 9.17) is 0 Å². The predicted octanol–water partition coefficient (Wildman–Crippen LogP) is 5.08. The summed E-state index contributed by atoms with van der Waals surface area (Å²) in [4.78, 5) is 16.4. The third-order valence-electron chi connectivity index (χ3n) is 4.04. The highest BCUT2D eigenvalue weighted by atomic mass is 19.4. The van der Waals surface area contributed by atoms with Crippen LogP contribution in [0.3, 0.4) is 0 Å². The van der Waals surface area contributed by atoms with E-state index in [9.17, 15) is 18.0 Å². The zero-order chi connectivity index (χ0) is 20.1. The van der Waals surface area contributed by atoms with E-state index in [1.807, 2.05) is 31.2 Å². The number of rotatable bonds is 5. The van der Waals surface area contributed by atoms with Gasteiger partial charge >= 0.3 is 6.18 Å². The SMILES string of the molecule is Cc1ccc(CNC(=O)c2cc(Nc3cccc(C(F)(F)F)c3)ccn2)cc1. The average Bonchev–Trinajstić information content (AvgIpc) is 2.67. The number of halogens is 3. The van der Waals surface area contributed by atoms with Gasteiger partial charge in [0.1, 0.15) is 5.69 Å². The van der Waals surface area contributed by atoms with Crippen LogP contribution < -0.4 is 10.6 Å². The summed E-state index contributed by atoms with van der Waals surface area (Å²) in [5, 5.41) is 5.65. The first-order valence-corrected chi connectivity index (χ1v) is 8.55. The van der Waals surface area contributed by atoms with Crippen LogP contribution in [-0.4, -0.2) is 10.9 Å². The molecule has 28 heavy (non-hydrogen) atoms. The van der Waals surface area contributed by atoms with Crippen LogP contribution in [-0.2, 0) is 12.7 Å². The molecule has 0 spiro atoms. The van der Waals surface area contributed by atoms with Crippen LogP contribution in [0.15, 0.2) is 66.9 Å². The summed E-state index contributed by atoms with van der Waals surface area (Å²) < 4.78 is 38.5. The molecule has 3 aromatic rings. The topological polar surface area (TPSA) is 54.0 Å². The molecule has 0 saturated heterocycles. The number of alkyl halides is 3. The Balaban J connectivity index is 1.68. The Labute approximate surface area is 160 Å².